The number of hydrogen-bond donors (Lipinski definition) is 2. The molecule has 0 atom stereocenters. The molecular weight excluding hydrogens is 370 g/mol. The van der Waals surface area contributed by atoms with Crippen LogP contribution in [0.5, 0.6) is 0 Å². The van der Waals surface area contributed by atoms with Crippen LogP contribution in [0.4, 0.5) is 17.2 Å². The largest absolute Gasteiger partial charge is 0.340 e. The fourth-order valence-electron chi connectivity index (χ4n) is 2.34. The van der Waals surface area contributed by atoms with Crippen LogP contribution in [0.25, 0.3) is 0 Å². The summed E-state index contributed by atoms with van der Waals surface area (Å²) in [5.41, 5.74) is 3.15. The molecule has 26 heavy (non-hydrogen) atoms. The van der Waals surface area contributed by atoms with Gasteiger partial charge in [-0.2, -0.15) is 0 Å². The van der Waals surface area contributed by atoms with E-state index in [1.165, 1.54) is 6.20 Å². The van der Waals surface area contributed by atoms with Gasteiger partial charge in [-0.05, 0) is 55.8 Å². The van der Waals surface area contributed by atoms with Crippen LogP contribution >= 0.6 is 11.6 Å². The lowest BCUT2D eigenvalue weighted by Crippen LogP contribution is -2.13. The van der Waals surface area contributed by atoms with Crippen molar-refractivity contribution in [3.05, 3.63) is 76.9 Å². The first-order chi connectivity index (χ1) is 12.3. The predicted octanol–water partition coefficient (Wildman–Crippen LogP) is 4.90. The fourth-order valence-corrected chi connectivity index (χ4v) is 3.56. The predicted molar refractivity (Wildman–Crippen MR) is 106 cm³/mol. The summed E-state index contributed by atoms with van der Waals surface area (Å²) in [5, 5.41) is 3.83. The summed E-state index contributed by atoms with van der Waals surface area (Å²) >= 11 is 6.11. The van der Waals surface area contributed by atoms with E-state index in [0.29, 0.717) is 16.5 Å². The van der Waals surface area contributed by atoms with Crippen molar-refractivity contribution in [2.45, 2.75) is 18.7 Å². The van der Waals surface area contributed by atoms with Gasteiger partial charge in [0.05, 0.1) is 16.8 Å². The van der Waals surface area contributed by atoms with Crippen molar-refractivity contribution in [2.75, 3.05) is 10.0 Å². The summed E-state index contributed by atoms with van der Waals surface area (Å²) in [6.07, 6.45) is 1.47. The molecule has 0 saturated heterocycles. The van der Waals surface area contributed by atoms with Crippen molar-refractivity contribution in [1.82, 2.24) is 4.98 Å². The van der Waals surface area contributed by atoms with Gasteiger partial charge < -0.3 is 5.32 Å². The number of sulfonamides is 1. The summed E-state index contributed by atoms with van der Waals surface area (Å²) < 4.78 is 27.3. The average Bonchev–Trinajstić information content (AvgIpc) is 2.61. The standard InChI is InChI=1S/C19H18ClN3O2S/c1-13-6-9-16(10-7-13)26(24,25)23-15-8-11-19(21-12-15)22-18-5-3-4-17(20)14(18)2/h3-12,23H,1-2H3,(H,21,22). The molecule has 2 aromatic carbocycles. The third-order valence-corrected chi connectivity index (χ3v) is 5.68. The molecule has 0 unspecified atom stereocenters. The summed E-state index contributed by atoms with van der Waals surface area (Å²) in [7, 11) is -3.64. The zero-order valence-electron chi connectivity index (χ0n) is 14.3. The topological polar surface area (TPSA) is 71.1 Å². The average molecular weight is 388 g/mol. The number of hydrogen-bond acceptors (Lipinski definition) is 4. The van der Waals surface area contributed by atoms with Gasteiger partial charge >= 0.3 is 0 Å². The Kier molecular flexibility index (Phi) is 5.15. The van der Waals surface area contributed by atoms with E-state index in [0.717, 1.165) is 16.8 Å². The maximum atomic E-state index is 12.4. The van der Waals surface area contributed by atoms with E-state index in [4.69, 9.17) is 11.6 Å². The number of nitrogens with zero attached hydrogens (tertiary/aromatic N) is 1. The highest BCUT2D eigenvalue weighted by molar-refractivity contribution is 7.92. The minimum absolute atomic E-state index is 0.208. The van der Waals surface area contributed by atoms with Gasteiger partial charge in [-0.1, -0.05) is 35.4 Å². The van der Waals surface area contributed by atoms with E-state index in [9.17, 15) is 8.42 Å². The minimum atomic E-state index is -3.64. The highest BCUT2D eigenvalue weighted by Crippen LogP contribution is 2.26. The lowest BCUT2D eigenvalue weighted by molar-refractivity contribution is 0.601. The van der Waals surface area contributed by atoms with Crippen molar-refractivity contribution < 1.29 is 8.42 Å². The normalized spacial score (nSPS) is 11.2. The summed E-state index contributed by atoms with van der Waals surface area (Å²) in [6, 6.07) is 15.6. The molecule has 0 aliphatic carbocycles. The highest BCUT2D eigenvalue weighted by Gasteiger charge is 2.14. The number of aryl methyl sites for hydroxylation is 1. The molecule has 5 nitrogen and oxygen atoms in total. The molecule has 0 radical (unpaired) electrons. The summed E-state index contributed by atoms with van der Waals surface area (Å²) in [6.45, 7) is 3.82. The smallest absolute Gasteiger partial charge is 0.261 e. The Balaban J connectivity index is 1.75. The van der Waals surface area contributed by atoms with Crippen LogP contribution in [-0.4, -0.2) is 13.4 Å². The maximum Gasteiger partial charge on any atom is 0.261 e. The van der Waals surface area contributed by atoms with Gasteiger partial charge in [0.1, 0.15) is 5.82 Å². The molecule has 2 N–H and O–H groups in total. The van der Waals surface area contributed by atoms with Crippen molar-refractivity contribution >= 4 is 38.8 Å². The van der Waals surface area contributed by atoms with Gasteiger partial charge in [-0.15, -0.1) is 0 Å². The monoisotopic (exact) mass is 387 g/mol. The first-order valence-corrected chi connectivity index (χ1v) is 9.79. The second-order valence-corrected chi connectivity index (χ2v) is 7.98. The third kappa shape index (κ3) is 4.15. The van der Waals surface area contributed by atoms with E-state index >= 15 is 0 Å². The number of pyridine rings is 1. The van der Waals surface area contributed by atoms with E-state index in [1.807, 2.05) is 32.0 Å². The fraction of sp³-hybridized carbons (Fsp3) is 0.105. The molecule has 0 bridgehead atoms. The quantitative estimate of drug-likeness (QED) is 0.653. The van der Waals surface area contributed by atoms with Crippen LogP contribution in [0, 0.1) is 13.8 Å². The molecule has 134 valence electrons. The first kappa shape index (κ1) is 18.2. The van der Waals surface area contributed by atoms with Crippen molar-refractivity contribution in [3.8, 4) is 0 Å². The van der Waals surface area contributed by atoms with Crippen LogP contribution in [0.15, 0.2) is 65.7 Å². The van der Waals surface area contributed by atoms with Gasteiger partial charge in [0.2, 0.25) is 0 Å². The Morgan fingerprint density at radius 3 is 2.35 bits per heavy atom. The number of halogens is 1. The second-order valence-electron chi connectivity index (χ2n) is 5.89. The van der Waals surface area contributed by atoms with Gasteiger partial charge in [0, 0.05) is 10.7 Å². The van der Waals surface area contributed by atoms with Gasteiger partial charge in [0.25, 0.3) is 10.0 Å². The molecule has 0 saturated carbocycles. The van der Waals surface area contributed by atoms with Crippen molar-refractivity contribution in [1.29, 1.82) is 0 Å². The van der Waals surface area contributed by atoms with Crippen molar-refractivity contribution in [3.63, 3.8) is 0 Å². The summed E-state index contributed by atoms with van der Waals surface area (Å²) in [5.74, 6) is 0.591. The molecule has 0 spiro atoms. The molecule has 1 heterocycles. The van der Waals surface area contributed by atoms with Crippen LogP contribution in [0.3, 0.4) is 0 Å². The van der Waals surface area contributed by atoms with Gasteiger partial charge in [-0.25, -0.2) is 13.4 Å². The molecule has 0 aliphatic rings. The Labute approximate surface area is 158 Å². The van der Waals surface area contributed by atoms with Crippen molar-refractivity contribution in [2.24, 2.45) is 0 Å². The molecule has 7 heteroatoms. The molecule has 0 amide bonds. The highest BCUT2D eigenvalue weighted by atomic mass is 35.5. The van der Waals surface area contributed by atoms with Crippen LogP contribution < -0.4 is 10.0 Å². The zero-order chi connectivity index (χ0) is 18.7. The summed E-state index contributed by atoms with van der Waals surface area (Å²) in [4.78, 5) is 4.46. The molecular formula is C19H18ClN3O2S. The Morgan fingerprint density at radius 1 is 0.962 bits per heavy atom. The molecule has 1 aromatic heterocycles. The molecule has 3 rings (SSSR count). The number of rotatable bonds is 5. The van der Waals surface area contributed by atoms with E-state index in [1.54, 1.807) is 36.4 Å². The van der Waals surface area contributed by atoms with Crippen LogP contribution in [0.1, 0.15) is 11.1 Å². The van der Waals surface area contributed by atoms with Gasteiger partial charge in [-0.3, -0.25) is 4.72 Å². The van der Waals surface area contributed by atoms with Gasteiger partial charge in [0.15, 0.2) is 0 Å². The second kappa shape index (κ2) is 7.35. The van der Waals surface area contributed by atoms with Crippen LogP contribution in [0.2, 0.25) is 5.02 Å². The van der Waals surface area contributed by atoms with E-state index in [2.05, 4.69) is 15.0 Å². The number of nitrogens with one attached hydrogen (secondary N) is 2. The van der Waals surface area contributed by atoms with E-state index < -0.39 is 10.0 Å². The number of benzene rings is 2. The van der Waals surface area contributed by atoms with Crippen LogP contribution in [-0.2, 0) is 10.0 Å². The maximum absolute atomic E-state index is 12.4. The zero-order valence-corrected chi connectivity index (χ0v) is 15.9. The Bertz CT molecular complexity index is 1020. The lowest BCUT2D eigenvalue weighted by Gasteiger charge is -2.11. The first-order valence-electron chi connectivity index (χ1n) is 7.93. The Morgan fingerprint density at radius 2 is 1.69 bits per heavy atom. The molecule has 0 fully saturated rings. The van der Waals surface area contributed by atoms with E-state index in [-0.39, 0.29) is 4.90 Å². The molecule has 0 aliphatic heterocycles. The molecule has 3 aromatic rings. The minimum Gasteiger partial charge on any atom is -0.340 e. The third-order valence-electron chi connectivity index (χ3n) is 3.88. The lowest BCUT2D eigenvalue weighted by atomic mass is 10.2. The number of anilines is 3. The number of aromatic nitrogens is 1. The SMILES string of the molecule is Cc1ccc(S(=O)(=O)Nc2ccc(Nc3cccc(Cl)c3C)nc2)cc1. The Hall–Kier alpha value is -2.57.